The molecule has 1 aromatic rings. The van der Waals surface area contributed by atoms with Crippen LogP contribution >= 0.6 is 11.6 Å². The lowest BCUT2D eigenvalue weighted by Crippen LogP contribution is -2.33. The summed E-state index contributed by atoms with van der Waals surface area (Å²) >= 11 is 6.06. The number of carbonyl (C=O) groups excluding carboxylic acids is 2. The van der Waals surface area contributed by atoms with Crippen LogP contribution in [0.2, 0.25) is 5.02 Å². The summed E-state index contributed by atoms with van der Waals surface area (Å²) in [5.74, 6) is -1.05. The van der Waals surface area contributed by atoms with E-state index in [4.69, 9.17) is 27.8 Å². The molecular formula is C17H23ClN2O5. The summed E-state index contributed by atoms with van der Waals surface area (Å²) in [6, 6.07) is 4.01. The van der Waals surface area contributed by atoms with Gasteiger partial charge in [-0.3, -0.25) is 0 Å². The van der Waals surface area contributed by atoms with Crippen molar-refractivity contribution in [1.82, 2.24) is 0 Å². The Bertz CT molecular complexity index is 594. The number of ether oxygens (including phenoxy) is 1. The van der Waals surface area contributed by atoms with E-state index in [1.54, 1.807) is 24.3 Å². The molecular weight excluding hydrogens is 348 g/mol. The Hall–Kier alpha value is -2.09. The van der Waals surface area contributed by atoms with Crippen molar-refractivity contribution < 1.29 is 24.1 Å². The zero-order chi connectivity index (χ0) is 18.7. The molecule has 138 valence electrons. The lowest BCUT2D eigenvalue weighted by Gasteiger charge is -2.10. The number of benzene rings is 1. The third-order valence-corrected chi connectivity index (χ3v) is 3.49. The van der Waals surface area contributed by atoms with Crippen molar-refractivity contribution in [3.8, 4) is 5.75 Å². The normalized spacial score (nSPS) is 11.5. The topological polar surface area (TPSA) is 114 Å². The average Bonchev–Trinajstić information content (AvgIpc) is 2.59. The van der Waals surface area contributed by atoms with Gasteiger partial charge in [0.15, 0.2) is 0 Å². The highest BCUT2D eigenvalue weighted by atomic mass is 35.5. The van der Waals surface area contributed by atoms with Crippen LogP contribution in [0.4, 0.5) is 0 Å². The Morgan fingerprint density at radius 2 is 2.04 bits per heavy atom. The molecule has 1 aromatic carbocycles. The average molecular weight is 371 g/mol. The highest BCUT2D eigenvalue weighted by molar-refractivity contribution is 6.32. The maximum absolute atomic E-state index is 11.7. The molecule has 25 heavy (non-hydrogen) atoms. The number of rotatable bonds is 10. The van der Waals surface area contributed by atoms with Gasteiger partial charge in [0.25, 0.3) is 0 Å². The first-order valence-corrected chi connectivity index (χ1v) is 8.24. The Balaban J connectivity index is 2.42. The molecule has 0 saturated heterocycles. The highest BCUT2D eigenvalue weighted by Gasteiger charge is 2.18. The predicted molar refractivity (Wildman–Crippen MR) is 93.9 cm³/mol. The lowest BCUT2D eigenvalue weighted by atomic mass is 10.1. The van der Waals surface area contributed by atoms with E-state index in [0.717, 1.165) is 6.42 Å². The zero-order valence-electron chi connectivity index (χ0n) is 13.9. The van der Waals surface area contributed by atoms with Gasteiger partial charge in [0.1, 0.15) is 18.4 Å². The van der Waals surface area contributed by atoms with Gasteiger partial charge >= 0.3 is 11.9 Å². The van der Waals surface area contributed by atoms with Crippen molar-refractivity contribution in [1.29, 1.82) is 0 Å². The molecule has 1 unspecified atom stereocenters. The van der Waals surface area contributed by atoms with Crippen LogP contribution < -0.4 is 16.2 Å². The number of hydrogen-bond acceptors (Lipinski definition) is 7. The van der Waals surface area contributed by atoms with Crippen LogP contribution in [-0.4, -0.2) is 31.1 Å². The fourth-order valence-corrected chi connectivity index (χ4v) is 2.15. The van der Waals surface area contributed by atoms with Crippen LogP contribution in [0, 0.1) is 0 Å². The Labute approximate surface area is 151 Å². The number of halogens is 1. The molecule has 1 atom stereocenters. The van der Waals surface area contributed by atoms with E-state index < -0.39 is 18.0 Å². The first kappa shape index (κ1) is 21.0. The maximum atomic E-state index is 11.7. The van der Waals surface area contributed by atoms with Gasteiger partial charge in [-0.25, -0.2) is 19.4 Å². The smallest absolute Gasteiger partial charge is 0.372 e. The second-order valence-electron chi connectivity index (χ2n) is 5.29. The standard InChI is InChI=1S/C17H23ClN2O5/c1-2-9-23-15-7-6-12(10-13(15)18)11-16(21)24-25-17(22)14(20)5-3-4-8-19/h2,6-7,10,14H,1,3-5,8-9,11,19-20H2. The third kappa shape index (κ3) is 8.02. The second kappa shape index (κ2) is 11.5. The SMILES string of the molecule is C=CCOc1ccc(CC(=O)OOC(=O)C(N)CCCCN)cc1Cl. The Kier molecular flexibility index (Phi) is 9.61. The first-order valence-electron chi connectivity index (χ1n) is 7.87. The minimum atomic E-state index is -0.852. The summed E-state index contributed by atoms with van der Waals surface area (Å²) in [6.07, 6.45) is 3.34. The predicted octanol–water partition coefficient (Wildman–Crippen LogP) is 1.91. The minimum Gasteiger partial charge on any atom is -0.488 e. The van der Waals surface area contributed by atoms with Crippen molar-refractivity contribution in [3.63, 3.8) is 0 Å². The van der Waals surface area contributed by atoms with E-state index in [9.17, 15) is 9.59 Å². The third-order valence-electron chi connectivity index (χ3n) is 3.19. The van der Waals surface area contributed by atoms with Crippen LogP contribution in [0.3, 0.4) is 0 Å². The van der Waals surface area contributed by atoms with Crippen LogP contribution in [0.15, 0.2) is 30.9 Å². The molecule has 0 fully saturated rings. The highest BCUT2D eigenvalue weighted by Crippen LogP contribution is 2.25. The Morgan fingerprint density at radius 1 is 1.28 bits per heavy atom. The monoisotopic (exact) mass is 370 g/mol. The lowest BCUT2D eigenvalue weighted by molar-refractivity contribution is -0.259. The molecule has 0 aliphatic heterocycles. The van der Waals surface area contributed by atoms with E-state index >= 15 is 0 Å². The number of nitrogens with two attached hydrogens (primary N) is 2. The molecule has 8 heteroatoms. The molecule has 4 N–H and O–H groups in total. The molecule has 0 radical (unpaired) electrons. The summed E-state index contributed by atoms with van der Waals surface area (Å²) in [5.41, 5.74) is 11.6. The number of hydrogen-bond donors (Lipinski definition) is 2. The van der Waals surface area contributed by atoms with Gasteiger partial charge in [0.2, 0.25) is 0 Å². The maximum Gasteiger partial charge on any atom is 0.372 e. The van der Waals surface area contributed by atoms with E-state index in [2.05, 4.69) is 16.4 Å². The molecule has 7 nitrogen and oxygen atoms in total. The van der Waals surface area contributed by atoms with Gasteiger partial charge in [-0.05, 0) is 37.1 Å². The molecule has 0 aromatic heterocycles. The van der Waals surface area contributed by atoms with Crippen LogP contribution in [0.25, 0.3) is 0 Å². The quantitative estimate of drug-likeness (QED) is 0.280. The molecule has 0 amide bonds. The Morgan fingerprint density at radius 3 is 2.68 bits per heavy atom. The first-order chi connectivity index (χ1) is 12.0. The summed E-state index contributed by atoms with van der Waals surface area (Å²) in [6.45, 7) is 4.39. The van der Waals surface area contributed by atoms with Crippen LogP contribution in [0.5, 0.6) is 5.75 Å². The van der Waals surface area contributed by atoms with E-state index in [0.29, 0.717) is 42.3 Å². The fraction of sp³-hybridized carbons (Fsp3) is 0.412. The van der Waals surface area contributed by atoms with Crippen molar-refractivity contribution in [3.05, 3.63) is 41.4 Å². The van der Waals surface area contributed by atoms with Crippen LogP contribution in [-0.2, 0) is 25.8 Å². The van der Waals surface area contributed by atoms with E-state index in [1.165, 1.54) is 0 Å². The fourth-order valence-electron chi connectivity index (χ4n) is 1.89. The molecule has 0 aliphatic carbocycles. The van der Waals surface area contributed by atoms with E-state index in [1.807, 2.05) is 0 Å². The molecule has 0 bridgehead atoms. The van der Waals surface area contributed by atoms with Crippen molar-refractivity contribution in [2.45, 2.75) is 31.7 Å². The van der Waals surface area contributed by atoms with Crippen molar-refractivity contribution >= 4 is 23.5 Å². The summed E-state index contributed by atoms with van der Waals surface area (Å²) in [7, 11) is 0. The van der Waals surface area contributed by atoms with Gasteiger partial charge in [0.05, 0.1) is 11.4 Å². The molecule has 1 rings (SSSR count). The second-order valence-corrected chi connectivity index (χ2v) is 5.70. The zero-order valence-corrected chi connectivity index (χ0v) is 14.7. The minimum absolute atomic E-state index is 0.114. The van der Waals surface area contributed by atoms with Gasteiger partial charge in [-0.15, -0.1) is 0 Å². The summed E-state index contributed by atoms with van der Waals surface area (Å²) in [5, 5.41) is 0.353. The van der Waals surface area contributed by atoms with E-state index in [-0.39, 0.29) is 6.42 Å². The van der Waals surface area contributed by atoms with Gasteiger partial charge in [-0.1, -0.05) is 36.7 Å². The molecule has 0 aliphatic rings. The van der Waals surface area contributed by atoms with Crippen molar-refractivity contribution in [2.24, 2.45) is 11.5 Å². The van der Waals surface area contributed by atoms with Gasteiger partial charge in [-0.2, -0.15) is 0 Å². The van der Waals surface area contributed by atoms with Crippen LogP contribution in [0.1, 0.15) is 24.8 Å². The summed E-state index contributed by atoms with van der Waals surface area (Å²) < 4.78 is 5.33. The molecule has 0 saturated carbocycles. The molecule has 0 heterocycles. The number of carbonyl (C=O) groups is 2. The van der Waals surface area contributed by atoms with Gasteiger partial charge < -0.3 is 16.2 Å². The number of unbranched alkanes of at least 4 members (excludes halogenated alkanes) is 1. The van der Waals surface area contributed by atoms with Crippen molar-refractivity contribution in [2.75, 3.05) is 13.2 Å². The molecule has 0 spiro atoms. The van der Waals surface area contributed by atoms with Gasteiger partial charge in [0, 0.05) is 0 Å². The summed E-state index contributed by atoms with van der Waals surface area (Å²) in [4.78, 5) is 32.3. The largest absolute Gasteiger partial charge is 0.488 e.